The van der Waals surface area contributed by atoms with E-state index in [0.29, 0.717) is 0 Å². The van der Waals surface area contributed by atoms with Crippen molar-refractivity contribution < 1.29 is 22.7 Å². The van der Waals surface area contributed by atoms with E-state index in [-0.39, 0.29) is 5.56 Å². The Kier molecular flexibility index (Phi) is 3.02. The number of hydrogen-bond acceptors (Lipinski definition) is 2. The molecule has 0 amide bonds. The van der Waals surface area contributed by atoms with Gasteiger partial charge in [0.1, 0.15) is 0 Å². The Labute approximate surface area is 84.7 Å². The Morgan fingerprint density at radius 3 is 1.93 bits per heavy atom. The topological polar surface area (TPSA) is 26.3 Å². The lowest BCUT2D eigenvalue weighted by molar-refractivity contribution is -0.132. The fourth-order valence-electron chi connectivity index (χ4n) is 1.13. The van der Waals surface area contributed by atoms with Crippen LogP contribution in [-0.4, -0.2) is 5.97 Å². The van der Waals surface area contributed by atoms with Crippen LogP contribution in [0.2, 0.25) is 0 Å². The number of carbonyl (C=O) groups is 1. The first-order chi connectivity index (χ1) is 6.86. The van der Waals surface area contributed by atoms with Gasteiger partial charge in [0.15, 0.2) is 23.2 Å². The van der Waals surface area contributed by atoms with Gasteiger partial charge < -0.3 is 4.74 Å². The minimum atomic E-state index is -1.26. The van der Waals surface area contributed by atoms with Gasteiger partial charge in [-0.25, -0.2) is 13.2 Å². The van der Waals surface area contributed by atoms with E-state index in [1.807, 2.05) is 0 Å². The summed E-state index contributed by atoms with van der Waals surface area (Å²) in [6, 6.07) is 0. The highest BCUT2D eigenvalue weighted by molar-refractivity contribution is 5.70. The number of esters is 1. The van der Waals surface area contributed by atoms with Gasteiger partial charge in [-0.1, -0.05) is 0 Å². The van der Waals surface area contributed by atoms with Gasteiger partial charge in [0, 0.05) is 18.1 Å². The molecule has 0 unspecified atom stereocenters. The van der Waals surface area contributed by atoms with E-state index in [1.54, 1.807) is 0 Å². The molecule has 2 nitrogen and oxygen atoms in total. The molecule has 0 saturated heterocycles. The first kappa shape index (κ1) is 11.6. The van der Waals surface area contributed by atoms with Gasteiger partial charge in [0.2, 0.25) is 0 Å². The van der Waals surface area contributed by atoms with E-state index < -0.39 is 34.7 Å². The molecule has 82 valence electrons. The van der Waals surface area contributed by atoms with Crippen LogP contribution in [0.1, 0.15) is 18.1 Å². The summed E-state index contributed by atoms with van der Waals surface area (Å²) in [5.74, 6) is -4.87. The SMILES string of the molecule is CC(=O)Oc1c(C)c(F)c(F)c(C)c1F. The number of hydrogen-bond donors (Lipinski definition) is 0. The summed E-state index contributed by atoms with van der Waals surface area (Å²) in [4.78, 5) is 10.6. The summed E-state index contributed by atoms with van der Waals surface area (Å²) in [6.45, 7) is 3.26. The molecule has 0 bridgehead atoms. The maximum absolute atomic E-state index is 13.4. The molecule has 0 heterocycles. The van der Waals surface area contributed by atoms with Crippen molar-refractivity contribution >= 4 is 5.97 Å². The van der Waals surface area contributed by atoms with Crippen molar-refractivity contribution in [2.24, 2.45) is 0 Å². The van der Waals surface area contributed by atoms with Gasteiger partial charge in [0.05, 0.1) is 0 Å². The maximum Gasteiger partial charge on any atom is 0.308 e. The van der Waals surface area contributed by atoms with Gasteiger partial charge in [-0.3, -0.25) is 4.79 Å². The zero-order valence-corrected chi connectivity index (χ0v) is 8.45. The Balaban J connectivity index is 3.45. The highest BCUT2D eigenvalue weighted by atomic mass is 19.2. The molecule has 0 saturated carbocycles. The van der Waals surface area contributed by atoms with E-state index >= 15 is 0 Å². The van der Waals surface area contributed by atoms with Crippen molar-refractivity contribution in [3.8, 4) is 5.75 Å². The molecule has 0 fully saturated rings. The summed E-state index contributed by atoms with van der Waals surface area (Å²) in [6.07, 6.45) is 0. The molecular weight excluding hydrogens is 209 g/mol. The second kappa shape index (κ2) is 3.92. The van der Waals surface area contributed by atoms with Crippen LogP contribution in [0.25, 0.3) is 0 Å². The van der Waals surface area contributed by atoms with Crippen LogP contribution in [0, 0.1) is 31.3 Å². The van der Waals surface area contributed by atoms with Crippen LogP contribution in [0.3, 0.4) is 0 Å². The quantitative estimate of drug-likeness (QED) is 0.411. The van der Waals surface area contributed by atoms with Crippen LogP contribution in [0.15, 0.2) is 0 Å². The third kappa shape index (κ3) is 1.95. The van der Waals surface area contributed by atoms with Crippen LogP contribution in [-0.2, 0) is 4.79 Å². The Morgan fingerprint density at radius 1 is 1.00 bits per heavy atom. The van der Waals surface area contributed by atoms with E-state index in [9.17, 15) is 18.0 Å². The molecule has 0 radical (unpaired) electrons. The molecule has 0 aliphatic heterocycles. The maximum atomic E-state index is 13.4. The number of benzene rings is 1. The summed E-state index contributed by atoms with van der Waals surface area (Å²) >= 11 is 0. The number of carbonyl (C=O) groups excluding carboxylic acids is 1. The van der Waals surface area contributed by atoms with E-state index in [4.69, 9.17) is 0 Å². The average Bonchev–Trinajstić information content (AvgIpc) is 2.18. The molecule has 0 N–H and O–H groups in total. The van der Waals surface area contributed by atoms with Crippen molar-refractivity contribution in [1.82, 2.24) is 0 Å². The largest absolute Gasteiger partial charge is 0.423 e. The molecule has 0 aliphatic carbocycles. The van der Waals surface area contributed by atoms with Crippen LogP contribution in [0.4, 0.5) is 13.2 Å². The standard InChI is InChI=1S/C10H9F3O2/c1-4-7(11)8(12)5(2)10(9(4)13)15-6(3)14/h1-3H3. The zero-order valence-electron chi connectivity index (χ0n) is 8.45. The highest BCUT2D eigenvalue weighted by Gasteiger charge is 2.22. The van der Waals surface area contributed by atoms with Crippen molar-refractivity contribution in [3.05, 3.63) is 28.6 Å². The summed E-state index contributed by atoms with van der Waals surface area (Å²) < 4.78 is 44.0. The molecule has 15 heavy (non-hydrogen) atoms. The fraction of sp³-hybridized carbons (Fsp3) is 0.300. The van der Waals surface area contributed by atoms with Gasteiger partial charge in [-0.15, -0.1) is 0 Å². The highest BCUT2D eigenvalue weighted by Crippen LogP contribution is 2.30. The smallest absolute Gasteiger partial charge is 0.308 e. The molecule has 5 heteroatoms. The summed E-state index contributed by atoms with van der Waals surface area (Å²) in [7, 11) is 0. The monoisotopic (exact) mass is 218 g/mol. The van der Waals surface area contributed by atoms with Crippen molar-refractivity contribution in [2.45, 2.75) is 20.8 Å². The second-order valence-corrected chi connectivity index (χ2v) is 3.11. The van der Waals surface area contributed by atoms with E-state index in [2.05, 4.69) is 4.74 Å². The average molecular weight is 218 g/mol. The third-order valence-electron chi connectivity index (χ3n) is 1.97. The Bertz CT molecular complexity index is 398. The van der Waals surface area contributed by atoms with Crippen LogP contribution in [0.5, 0.6) is 5.75 Å². The molecular formula is C10H9F3O2. The lowest BCUT2D eigenvalue weighted by Crippen LogP contribution is -2.09. The predicted molar refractivity (Wildman–Crippen MR) is 47.1 cm³/mol. The Hall–Kier alpha value is -1.52. The molecule has 1 rings (SSSR count). The van der Waals surface area contributed by atoms with Crippen molar-refractivity contribution in [1.29, 1.82) is 0 Å². The summed E-state index contributed by atoms with van der Waals surface area (Å²) in [5, 5.41) is 0. The van der Waals surface area contributed by atoms with Gasteiger partial charge >= 0.3 is 5.97 Å². The Morgan fingerprint density at radius 2 is 1.47 bits per heavy atom. The van der Waals surface area contributed by atoms with Gasteiger partial charge in [-0.05, 0) is 13.8 Å². The number of rotatable bonds is 1. The fourth-order valence-corrected chi connectivity index (χ4v) is 1.13. The predicted octanol–water partition coefficient (Wildman–Crippen LogP) is 2.65. The first-order valence-electron chi connectivity index (χ1n) is 4.18. The van der Waals surface area contributed by atoms with Crippen molar-refractivity contribution in [2.75, 3.05) is 0 Å². The van der Waals surface area contributed by atoms with Crippen LogP contribution >= 0.6 is 0 Å². The molecule has 0 aliphatic rings. The molecule has 0 atom stereocenters. The lowest BCUT2D eigenvalue weighted by Gasteiger charge is -2.10. The van der Waals surface area contributed by atoms with E-state index in [1.165, 1.54) is 0 Å². The number of halogens is 3. The third-order valence-corrected chi connectivity index (χ3v) is 1.97. The lowest BCUT2D eigenvalue weighted by atomic mass is 10.1. The van der Waals surface area contributed by atoms with E-state index in [0.717, 1.165) is 20.8 Å². The minimum Gasteiger partial charge on any atom is -0.423 e. The minimum absolute atomic E-state index is 0.356. The zero-order chi connectivity index (χ0) is 11.7. The molecule has 0 spiro atoms. The number of ether oxygens (including phenoxy) is 1. The summed E-state index contributed by atoms with van der Waals surface area (Å²) in [5.41, 5.74) is -0.861. The van der Waals surface area contributed by atoms with Gasteiger partial charge in [0.25, 0.3) is 0 Å². The van der Waals surface area contributed by atoms with Crippen LogP contribution < -0.4 is 4.74 Å². The molecule has 1 aromatic carbocycles. The second-order valence-electron chi connectivity index (χ2n) is 3.11. The molecule has 0 aromatic heterocycles. The normalized spacial score (nSPS) is 10.3. The van der Waals surface area contributed by atoms with Crippen molar-refractivity contribution in [3.63, 3.8) is 0 Å². The molecule has 1 aromatic rings. The first-order valence-corrected chi connectivity index (χ1v) is 4.18. The van der Waals surface area contributed by atoms with Gasteiger partial charge in [-0.2, -0.15) is 0 Å².